The maximum Gasteiger partial charge on any atom is 0.123 e. The lowest BCUT2D eigenvalue weighted by molar-refractivity contribution is 0.131. The number of fused-ring (bicyclic) bond motifs is 2. The largest absolute Gasteiger partial charge is 0.314 e. The zero-order valence-corrected chi connectivity index (χ0v) is 13.2. The SMILES string of the molecule is CC(Cc1cccc(F)c1)NCC1CC2CCC(C1)N2C. The Balaban J connectivity index is 1.45. The van der Waals surface area contributed by atoms with Crippen LogP contribution >= 0.6 is 0 Å². The summed E-state index contributed by atoms with van der Waals surface area (Å²) < 4.78 is 13.2. The molecule has 0 amide bonds. The van der Waals surface area contributed by atoms with E-state index in [1.54, 1.807) is 12.1 Å². The molecule has 0 spiro atoms. The van der Waals surface area contributed by atoms with E-state index in [4.69, 9.17) is 0 Å². The van der Waals surface area contributed by atoms with E-state index < -0.39 is 0 Å². The Morgan fingerprint density at radius 1 is 1.29 bits per heavy atom. The highest BCUT2D eigenvalue weighted by molar-refractivity contribution is 5.17. The molecule has 0 aliphatic carbocycles. The van der Waals surface area contributed by atoms with Crippen LogP contribution in [-0.2, 0) is 6.42 Å². The number of rotatable bonds is 5. The number of halogens is 1. The fourth-order valence-corrected chi connectivity index (χ4v) is 4.15. The van der Waals surface area contributed by atoms with Crippen LogP contribution < -0.4 is 5.32 Å². The van der Waals surface area contributed by atoms with Gasteiger partial charge in [0, 0.05) is 18.1 Å². The van der Waals surface area contributed by atoms with E-state index >= 15 is 0 Å². The normalized spacial score (nSPS) is 30.5. The lowest BCUT2D eigenvalue weighted by atomic mass is 9.91. The van der Waals surface area contributed by atoms with E-state index in [-0.39, 0.29) is 5.82 Å². The minimum atomic E-state index is -0.133. The van der Waals surface area contributed by atoms with Gasteiger partial charge >= 0.3 is 0 Å². The molecule has 3 atom stereocenters. The minimum Gasteiger partial charge on any atom is -0.314 e. The molecule has 1 N–H and O–H groups in total. The van der Waals surface area contributed by atoms with E-state index in [0.29, 0.717) is 6.04 Å². The number of benzene rings is 1. The van der Waals surface area contributed by atoms with Crippen molar-refractivity contribution >= 4 is 0 Å². The predicted molar refractivity (Wildman–Crippen MR) is 84.9 cm³/mol. The van der Waals surface area contributed by atoms with Gasteiger partial charge in [-0.3, -0.25) is 0 Å². The molecule has 1 aromatic rings. The molecule has 2 aliphatic heterocycles. The maximum atomic E-state index is 13.2. The highest BCUT2D eigenvalue weighted by Crippen LogP contribution is 2.37. The van der Waals surface area contributed by atoms with Gasteiger partial charge in [0.2, 0.25) is 0 Å². The van der Waals surface area contributed by atoms with Crippen LogP contribution in [0.15, 0.2) is 24.3 Å². The second kappa shape index (κ2) is 6.45. The molecule has 3 unspecified atom stereocenters. The van der Waals surface area contributed by atoms with Crippen LogP contribution in [0.25, 0.3) is 0 Å². The summed E-state index contributed by atoms with van der Waals surface area (Å²) in [5, 5.41) is 3.66. The molecule has 2 saturated heterocycles. The molecule has 2 heterocycles. The van der Waals surface area contributed by atoms with Gasteiger partial charge in [0.15, 0.2) is 0 Å². The summed E-state index contributed by atoms with van der Waals surface area (Å²) in [5.74, 6) is 0.681. The van der Waals surface area contributed by atoms with Crippen molar-refractivity contribution in [2.75, 3.05) is 13.6 Å². The van der Waals surface area contributed by atoms with Crippen LogP contribution in [0.2, 0.25) is 0 Å². The summed E-state index contributed by atoms with van der Waals surface area (Å²) in [6.07, 6.45) is 6.35. The molecule has 3 rings (SSSR count). The lowest BCUT2D eigenvalue weighted by Crippen LogP contribution is -2.43. The number of nitrogens with one attached hydrogen (secondary N) is 1. The van der Waals surface area contributed by atoms with Crippen LogP contribution in [0, 0.1) is 11.7 Å². The third-order valence-corrected chi connectivity index (χ3v) is 5.38. The fraction of sp³-hybridized carbons (Fsp3) is 0.667. The molecule has 2 nitrogen and oxygen atoms in total. The third-order valence-electron chi connectivity index (χ3n) is 5.38. The number of hydrogen-bond acceptors (Lipinski definition) is 2. The third kappa shape index (κ3) is 3.64. The average molecular weight is 290 g/mol. The highest BCUT2D eigenvalue weighted by atomic mass is 19.1. The lowest BCUT2D eigenvalue weighted by Gasteiger charge is -2.36. The summed E-state index contributed by atoms with van der Waals surface area (Å²) in [6.45, 7) is 3.31. The van der Waals surface area contributed by atoms with Gasteiger partial charge < -0.3 is 10.2 Å². The quantitative estimate of drug-likeness (QED) is 0.896. The molecule has 2 fully saturated rings. The van der Waals surface area contributed by atoms with E-state index in [2.05, 4.69) is 24.2 Å². The average Bonchev–Trinajstić information content (AvgIpc) is 2.68. The van der Waals surface area contributed by atoms with Crippen molar-refractivity contribution in [2.24, 2.45) is 5.92 Å². The standard InChI is InChI=1S/C18H27FN2/c1-13(8-14-4-3-5-16(19)9-14)20-12-15-10-17-6-7-18(11-15)21(17)2/h3-5,9,13,15,17-18,20H,6-8,10-12H2,1-2H3. The Morgan fingerprint density at radius 3 is 2.67 bits per heavy atom. The Morgan fingerprint density at radius 2 is 2.00 bits per heavy atom. The van der Waals surface area contributed by atoms with Crippen LogP contribution in [0.5, 0.6) is 0 Å². The van der Waals surface area contributed by atoms with Crippen molar-refractivity contribution in [3.63, 3.8) is 0 Å². The van der Waals surface area contributed by atoms with Crippen molar-refractivity contribution in [3.05, 3.63) is 35.6 Å². The summed E-state index contributed by atoms with van der Waals surface area (Å²) in [7, 11) is 2.29. The van der Waals surface area contributed by atoms with Gasteiger partial charge in [0.05, 0.1) is 0 Å². The van der Waals surface area contributed by atoms with Gasteiger partial charge in [0.1, 0.15) is 5.82 Å². The molecule has 1 aromatic carbocycles. The topological polar surface area (TPSA) is 15.3 Å². The van der Waals surface area contributed by atoms with Crippen LogP contribution in [-0.4, -0.2) is 36.6 Å². The zero-order chi connectivity index (χ0) is 14.8. The van der Waals surface area contributed by atoms with Crippen molar-refractivity contribution in [2.45, 2.75) is 57.2 Å². The van der Waals surface area contributed by atoms with Gasteiger partial charge in [0.25, 0.3) is 0 Å². The van der Waals surface area contributed by atoms with E-state index in [1.807, 2.05) is 6.07 Å². The van der Waals surface area contributed by atoms with Gasteiger partial charge in [-0.15, -0.1) is 0 Å². The van der Waals surface area contributed by atoms with E-state index in [0.717, 1.165) is 36.5 Å². The molecule has 3 heteroatoms. The van der Waals surface area contributed by atoms with Crippen molar-refractivity contribution in [3.8, 4) is 0 Å². The van der Waals surface area contributed by atoms with Gasteiger partial charge in [-0.25, -0.2) is 4.39 Å². The van der Waals surface area contributed by atoms with E-state index in [9.17, 15) is 4.39 Å². The summed E-state index contributed by atoms with van der Waals surface area (Å²) >= 11 is 0. The van der Waals surface area contributed by atoms with Gasteiger partial charge in [-0.05, 0) is 76.2 Å². The first kappa shape index (κ1) is 15.0. The molecule has 21 heavy (non-hydrogen) atoms. The highest BCUT2D eigenvalue weighted by Gasteiger charge is 2.38. The predicted octanol–water partition coefficient (Wildman–Crippen LogP) is 3.22. The van der Waals surface area contributed by atoms with Crippen molar-refractivity contribution < 1.29 is 4.39 Å². The van der Waals surface area contributed by atoms with Crippen LogP contribution in [0.4, 0.5) is 4.39 Å². The van der Waals surface area contributed by atoms with Gasteiger partial charge in [-0.1, -0.05) is 12.1 Å². The first-order chi connectivity index (χ1) is 10.1. The van der Waals surface area contributed by atoms with Crippen molar-refractivity contribution in [1.29, 1.82) is 0 Å². The van der Waals surface area contributed by atoms with Crippen LogP contribution in [0.1, 0.15) is 38.2 Å². The van der Waals surface area contributed by atoms with Crippen molar-refractivity contribution in [1.82, 2.24) is 10.2 Å². The summed E-state index contributed by atoms with van der Waals surface area (Å²) in [5.41, 5.74) is 1.08. The molecule has 0 radical (unpaired) electrons. The number of nitrogens with zero attached hydrogens (tertiary/aromatic N) is 1. The van der Waals surface area contributed by atoms with E-state index in [1.165, 1.54) is 31.7 Å². The molecule has 0 aromatic heterocycles. The number of piperidine rings is 1. The Labute approximate surface area is 127 Å². The first-order valence-electron chi connectivity index (χ1n) is 8.31. The Bertz CT molecular complexity index is 462. The Kier molecular flexibility index (Phi) is 4.60. The molecule has 2 aliphatic rings. The molecular weight excluding hydrogens is 263 g/mol. The summed E-state index contributed by atoms with van der Waals surface area (Å²) in [4.78, 5) is 2.59. The monoisotopic (exact) mass is 290 g/mol. The smallest absolute Gasteiger partial charge is 0.123 e. The molecular formula is C18H27FN2. The second-order valence-corrected chi connectivity index (χ2v) is 7.03. The van der Waals surface area contributed by atoms with Crippen LogP contribution in [0.3, 0.4) is 0 Å². The fourth-order valence-electron chi connectivity index (χ4n) is 4.15. The second-order valence-electron chi connectivity index (χ2n) is 7.03. The maximum absolute atomic E-state index is 13.2. The zero-order valence-electron chi connectivity index (χ0n) is 13.2. The molecule has 116 valence electrons. The Hall–Kier alpha value is -0.930. The number of hydrogen-bond donors (Lipinski definition) is 1. The van der Waals surface area contributed by atoms with Gasteiger partial charge in [-0.2, -0.15) is 0 Å². The first-order valence-corrected chi connectivity index (χ1v) is 8.31. The summed E-state index contributed by atoms with van der Waals surface area (Å²) in [6, 6.07) is 9.00. The minimum absolute atomic E-state index is 0.133. The molecule has 0 saturated carbocycles. The molecule has 2 bridgehead atoms.